The molecule has 2 aromatic heterocycles. The van der Waals surface area contributed by atoms with Crippen molar-refractivity contribution in [2.45, 2.75) is 0 Å². The number of anilines is 1. The largest absolute Gasteiger partial charge is 0.481 e. The summed E-state index contributed by atoms with van der Waals surface area (Å²) in [5.74, 6) is -0.00864. The molecule has 19 heavy (non-hydrogen) atoms. The maximum atomic E-state index is 11.1. The molecule has 0 saturated carbocycles. The molecule has 2 heterocycles. The zero-order valence-corrected chi connectivity index (χ0v) is 10.6. The highest BCUT2D eigenvalue weighted by Crippen LogP contribution is 2.38. The van der Waals surface area contributed by atoms with E-state index in [0.717, 1.165) is 0 Å². The van der Waals surface area contributed by atoms with Gasteiger partial charge in [0.05, 0.1) is 23.2 Å². The summed E-state index contributed by atoms with van der Waals surface area (Å²) in [4.78, 5) is 18.2. The van der Waals surface area contributed by atoms with Gasteiger partial charge in [-0.15, -0.1) is 0 Å². The average Bonchev–Trinajstić information content (AvgIpc) is 2.37. The molecule has 0 amide bonds. The highest BCUT2D eigenvalue weighted by atomic mass is 35.5. The first-order chi connectivity index (χ1) is 9.04. The molecule has 0 unspecified atom stereocenters. The Morgan fingerprint density at radius 1 is 1.47 bits per heavy atom. The van der Waals surface area contributed by atoms with E-state index in [-0.39, 0.29) is 28.1 Å². The number of rotatable bonds is 3. The summed E-state index contributed by atoms with van der Waals surface area (Å²) in [6.45, 7) is 0. The van der Waals surface area contributed by atoms with Crippen LogP contribution in [-0.4, -0.2) is 22.0 Å². The molecule has 2 aromatic rings. The minimum Gasteiger partial charge on any atom is -0.481 e. The predicted molar refractivity (Wildman–Crippen MR) is 70.1 cm³/mol. The Balaban J connectivity index is 2.77. The molecule has 0 aliphatic heterocycles. The summed E-state index contributed by atoms with van der Waals surface area (Å²) in [7, 11) is 1.42. The van der Waals surface area contributed by atoms with Crippen LogP contribution in [0.5, 0.6) is 5.88 Å². The van der Waals surface area contributed by atoms with E-state index < -0.39 is 4.92 Å². The third-order valence-corrected chi connectivity index (χ3v) is 2.62. The van der Waals surface area contributed by atoms with Gasteiger partial charge in [0.1, 0.15) is 5.15 Å². The molecule has 0 atom stereocenters. The second-order valence-corrected chi connectivity index (χ2v) is 3.93. The Hall–Kier alpha value is -2.41. The Bertz CT molecular complexity index is 648. The van der Waals surface area contributed by atoms with Gasteiger partial charge < -0.3 is 10.5 Å². The second kappa shape index (κ2) is 5.07. The van der Waals surface area contributed by atoms with E-state index in [2.05, 4.69) is 9.97 Å². The van der Waals surface area contributed by atoms with Crippen LogP contribution in [0.2, 0.25) is 5.15 Å². The summed E-state index contributed by atoms with van der Waals surface area (Å²) in [6, 6.07) is 4.62. The van der Waals surface area contributed by atoms with Crippen molar-refractivity contribution in [2.75, 3.05) is 12.8 Å². The first-order valence-corrected chi connectivity index (χ1v) is 5.52. The lowest BCUT2D eigenvalue weighted by molar-refractivity contribution is -0.383. The lowest BCUT2D eigenvalue weighted by Crippen LogP contribution is -2.02. The highest BCUT2D eigenvalue weighted by Gasteiger charge is 2.24. The predicted octanol–water partition coefficient (Wildman–Crippen LogP) is 2.30. The van der Waals surface area contributed by atoms with Gasteiger partial charge in [0.15, 0.2) is 0 Å². The van der Waals surface area contributed by atoms with Crippen molar-refractivity contribution in [3.63, 3.8) is 0 Å². The fourth-order valence-electron chi connectivity index (χ4n) is 1.68. The Labute approximate surface area is 113 Å². The van der Waals surface area contributed by atoms with Gasteiger partial charge in [-0.1, -0.05) is 11.6 Å². The fraction of sp³-hybridized carbons (Fsp3) is 0.0909. The van der Waals surface area contributed by atoms with Crippen molar-refractivity contribution in [3.8, 4) is 17.0 Å². The SMILES string of the molecule is COc1ncccc1-c1cc(Cl)nc(N)c1[N+](=O)[O-]. The summed E-state index contributed by atoms with van der Waals surface area (Å²) in [5, 5.41) is 11.2. The smallest absolute Gasteiger partial charge is 0.319 e. The molecule has 0 fully saturated rings. The van der Waals surface area contributed by atoms with Crippen LogP contribution >= 0.6 is 11.6 Å². The van der Waals surface area contributed by atoms with Gasteiger partial charge in [-0.25, -0.2) is 9.97 Å². The van der Waals surface area contributed by atoms with Gasteiger partial charge in [0.2, 0.25) is 11.7 Å². The molecule has 0 radical (unpaired) electrons. The van der Waals surface area contributed by atoms with Crippen LogP contribution in [0, 0.1) is 10.1 Å². The Kier molecular flexibility index (Phi) is 3.48. The molecule has 7 nitrogen and oxygen atoms in total. The van der Waals surface area contributed by atoms with Gasteiger partial charge in [-0.3, -0.25) is 10.1 Å². The van der Waals surface area contributed by atoms with Crippen LogP contribution in [0.25, 0.3) is 11.1 Å². The van der Waals surface area contributed by atoms with Gasteiger partial charge in [-0.2, -0.15) is 0 Å². The lowest BCUT2D eigenvalue weighted by Gasteiger charge is -2.08. The number of pyridine rings is 2. The van der Waals surface area contributed by atoms with Crippen molar-refractivity contribution < 1.29 is 9.66 Å². The Morgan fingerprint density at radius 3 is 2.84 bits per heavy atom. The third kappa shape index (κ3) is 2.41. The molecule has 98 valence electrons. The van der Waals surface area contributed by atoms with Crippen LogP contribution in [0.3, 0.4) is 0 Å². The van der Waals surface area contributed by atoms with Gasteiger partial charge in [0, 0.05) is 6.20 Å². The molecule has 2 N–H and O–H groups in total. The van der Waals surface area contributed by atoms with E-state index in [1.807, 2.05) is 0 Å². The fourth-order valence-corrected chi connectivity index (χ4v) is 1.88. The van der Waals surface area contributed by atoms with Crippen molar-refractivity contribution >= 4 is 23.1 Å². The van der Waals surface area contributed by atoms with Crippen LogP contribution < -0.4 is 10.5 Å². The molecule has 8 heteroatoms. The monoisotopic (exact) mass is 280 g/mol. The summed E-state index contributed by atoms with van der Waals surface area (Å²) < 4.78 is 5.08. The van der Waals surface area contributed by atoms with E-state index >= 15 is 0 Å². The molecule has 0 bridgehead atoms. The minimum absolute atomic E-state index is 0.0593. The van der Waals surface area contributed by atoms with Gasteiger partial charge in [0.25, 0.3) is 0 Å². The summed E-state index contributed by atoms with van der Waals surface area (Å²) >= 11 is 5.80. The van der Waals surface area contributed by atoms with Gasteiger partial charge in [-0.05, 0) is 18.2 Å². The number of ether oxygens (including phenoxy) is 1. The topological polar surface area (TPSA) is 104 Å². The van der Waals surface area contributed by atoms with E-state index in [1.165, 1.54) is 19.4 Å². The maximum Gasteiger partial charge on any atom is 0.319 e. The van der Waals surface area contributed by atoms with Crippen molar-refractivity contribution in [2.24, 2.45) is 0 Å². The molecule has 0 saturated heterocycles. The molecule has 0 aliphatic rings. The molecule has 0 aliphatic carbocycles. The summed E-state index contributed by atoms with van der Waals surface area (Å²) in [6.07, 6.45) is 1.51. The number of hydrogen-bond acceptors (Lipinski definition) is 6. The number of halogens is 1. The minimum atomic E-state index is -0.611. The second-order valence-electron chi connectivity index (χ2n) is 3.54. The highest BCUT2D eigenvalue weighted by molar-refractivity contribution is 6.30. The number of nitrogens with two attached hydrogens (primary N) is 1. The lowest BCUT2D eigenvalue weighted by atomic mass is 10.1. The summed E-state index contributed by atoms with van der Waals surface area (Å²) in [5.41, 5.74) is 5.87. The molecular formula is C11H9ClN4O3. The van der Waals surface area contributed by atoms with E-state index in [1.54, 1.807) is 12.1 Å². The van der Waals surface area contributed by atoms with Crippen LogP contribution in [-0.2, 0) is 0 Å². The van der Waals surface area contributed by atoms with Crippen molar-refractivity contribution in [1.29, 1.82) is 0 Å². The first kappa shape index (κ1) is 13.0. The first-order valence-electron chi connectivity index (χ1n) is 5.14. The van der Waals surface area contributed by atoms with Crippen LogP contribution in [0.4, 0.5) is 11.5 Å². The number of nitrogen functional groups attached to an aromatic ring is 1. The number of hydrogen-bond donors (Lipinski definition) is 1. The van der Waals surface area contributed by atoms with Crippen LogP contribution in [0.1, 0.15) is 0 Å². The zero-order chi connectivity index (χ0) is 14.0. The van der Waals surface area contributed by atoms with Crippen molar-refractivity contribution in [1.82, 2.24) is 9.97 Å². The third-order valence-electron chi connectivity index (χ3n) is 2.43. The average molecular weight is 281 g/mol. The number of aromatic nitrogens is 2. The van der Waals surface area contributed by atoms with Crippen molar-refractivity contribution in [3.05, 3.63) is 39.7 Å². The normalized spacial score (nSPS) is 10.2. The molecule has 2 rings (SSSR count). The molecular weight excluding hydrogens is 272 g/mol. The Morgan fingerprint density at radius 2 is 2.21 bits per heavy atom. The number of nitrogens with zero attached hydrogens (tertiary/aromatic N) is 3. The van der Waals surface area contributed by atoms with Gasteiger partial charge >= 0.3 is 5.69 Å². The van der Waals surface area contributed by atoms with E-state index in [9.17, 15) is 10.1 Å². The molecule has 0 aromatic carbocycles. The number of methoxy groups -OCH3 is 1. The quantitative estimate of drug-likeness (QED) is 0.525. The zero-order valence-electron chi connectivity index (χ0n) is 9.83. The van der Waals surface area contributed by atoms with Crippen LogP contribution in [0.15, 0.2) is 24.4 Å². The molecule has 0 spiro atoms. The van der Waals surface area contributed by atoms with E-state index in [0.29, 0.717) is 5.56 Å². The maximum absolute atomic E-state index is 11.1. The standard InChI is InChI=1S/C11H9ClN4O3/c1-19-11-6(3-2-4-14-11)7-5-8(12)15-10(13)9(7)16(17)18/h2-5H,1H3,(H2,13,15). The number of nitro groups is 1. The van der Waals surface area contributed by atoms with E-state index in [4.69, 9.17) is 22.1 Å².